The van der Waals surface area contributed by atoms with Gasteiger partial charge in [-0.15, -0.1) is 10.2 Å². The van der Waals surface area contributed by atoms with Crippen molar-refractivity contribution in [3.63, 3.8) is 0 Å². The van der Waals surface area contributed by atoms with Crippen LogP contribution in [0.1, 0.15) is 11.9 Å². The number of hydrogen-bond donors (Lipinski definition) is 2. The Balaban J connectivity index is 2.50. The van der Waals surface area contributed by atoms with Gasteiger partial charge in [0.2, 0.25) is 4.96 Å². The second-order valence-electron chi connectivity index (χ2n) is 3.04. The van der Waals surface area contributed by atoms with Gasteiger partial charge in [0, 0.05) is 0 Å². The third kappa shape index (κ3) is 1.30. The summed E-state index contributed by atoms with van der Waals surface area (Å²) in [5.41, 5.74) is 5.00. The van der Waals surface area contributed by atoms with Crippen molar-refractivity contribution in [3.8, 4) is 0 Å². The highest BCUT2D eigenvalue weighted by atomic mass is 32.1. The van der Waals surface area contributed by atoms with Gasteiger partial charge in [-0.1, -0.05) is 11.3 Å². The smallest absolute Gasteiger partial charge is 0.234 e. The van der Waals surface area contributed by atoms with E-state index in [-0.39, 0.29) is 6.61 Å². The van der Waals surface area contributed by atoms with Gasteiger partial charge < -0.3 is 10.8 Å². The number of hydrogen-bond acceptors (Lipinski definition) is 6. The molecular weight excluding hydrogens is 190 g/mol. The van der Waals surface area contributed by atoms with Crippen LogP contribution < -0.4 is 5.73 Å². The minimum atomic E-state index is -0.800. The van der Waals surface area contributed by atoms with Crippen LogP contribution in [-0.4, -0.2) is 31.5 Å². The lowest BCUT2D eigenvalue weighted by Crippen LogP contribution is -2.36. The van der Waals surface area contributed by atoms with Crippen molar-refractivity contribution in [2.75, 3.05) is 6.61 Å². The molecule has 0 radical (unpaired) electrons. The molecule has 1 unspecified atom stereocenters. The summed E-state index contributed by atoms with van der Waals surface area (Å²) in [6.45, 7) is 1.58. The monoisotopic (exact) mass is 199 g/mol. The van der Waals surface area contributed by atoms with Gasteiger partial charge in [-0.3, -0.25) is 0 Å². The number of aliphatic hydroxyl groups excluding tert-OH is 1. The standard InChI is InChI=1S/C6H9N5OS/c1-6(7,2-12)4-10-11-3-8-9-5(11)13-4/h3,12H,2,7H2,1H3. The van der Waals surface area contributed by atoms with Crippen LogP contribution in [0.4, 0.5) is 0 Å². The maximum atomic E-state index is 9.01. The van der Waals surface area contributed by atoms with Gasteiger partial charge in [-0.05, 0) is 6.92 Å². The Morgan fingerprint density at radius 3 is 3.15 bits per heavy atom. The van der Waals surface area contributed by atoms with E-state index >= 15 is 0 Å². The molecule has 0 bridgehead atoms. The number of nitrogens with two attached hydrogens (primary N) is 1. The molecule has 2 rings (SSSR count). The summed E-state index contributed by atoms with van der Waals surface area (Å²) in [7, 11) is 0. The van der Waals surface area contributed by atoms with Gasteiger partial charge >= 0.3 is 0 Å². The Bertz CT molecular complexity index is 391. The van der Waals surface area contributed by atoms with Crippen molar-refractivity contribution >= 4 is 16.3 Å². The van der Waals surface area contributed by atoms with Crippen molar-refractivity contribution in [2.24, 2.45) is 5.73 Å². The molecule has 0 aliphatic rings. The highest BCUT2D eigenvalue weighted by molar-refractivity contribution is 7.16. The Morgan fingerprint density at radius 1 is 1.77 bits per heavy atom. The van der Waals surface area contributed by atoms with Crippen molar-refractivity contribution < 1.29 is 5.11 Å². The molecule has 0 saturated carbocycles. The third-order valence-electron chi connectivity index (χ3n) is 1.70. The minimum Gasteiger partial charge on any atom is -0.394 e. The summed E-state index contributed by atoms with van der Waals surface area (Å²) < 4.78 is 1.54. The van der Waals surface area contributed by atoms with E-state index in [0.717, 1.165) is 0 Å². The van der Waals surface area contributed by atoms with Crippen LogP contribution in [0.25, 0.3) is 4.96 Å². The molecule has 0 fully saturated rings. The molecule has 2 aromatic rings. The highest BCUT2D eigenvalue weighted by Crippen LogP contribution is 2.21. The van der Waals surface area contributed by atoms with Gasteiger partial charge in [0.05, 0.1) is 12.1 Å². The average molecular weight is 199 g/mol. The van der Waals surface area contributed by atoms with Crippen molar-refractivity contribution in [2.45, 2.75) is 12.5 Å². The van der Waals surface area contributed by atoms with Gasteiger partial charge in [0.1, 0.15) is 11.3 Å². The van der Waals surface area contributed by atoms with Crippen molar-refractivity contribution in [1.82, 2.24) is 19.8 Å². The zero-order valence-corrected chi connectivity index (χ0v) is 7.82. The molecule has 0 aromatic carbocycles. The van der Waals surface area contributed by atoms with Crippen LogP contribution in [0.15, 0.2) is 6.33 Å². The van der Waals surface area contributed by atoms with Crippen LogP contribution in [-0.2, 0) is 5.54 Å². The summed E-state index contributed by atoms with van der Waals surface area (Å²) in [6.07, 6.45) is 1.50. The summed E-state index contributed by atoms with van der Waals surface area (Å²) >= 11 is 1.33. The molecule has 1 atom stereocenters. The molecule has 0 amide bonds. The fourth-order valence-electron chi connectivity index (χ4n) is 0.858. The number of aliphatic hydroxyl groups is 1. The first-order valence-corrected chi connectivity index (χ1v) is 4.52. The SMILES string of the molecule is CC(N)(CO)c1nn2cnnc2s1. The molecule has 2 heterocycles. The van der Waals surface area contributed by atoms with E-state index in [2.05, 4.69) is 15.3 Å². The Morgan fingerprint density at radius 2 is 2.54 bits per heavy atom. The van der Waals surface area contributed by atoms with E-state index in [0.29, 0.717) is 9.97 Å². The van der Waals surface area contributed by atoms with Crippen molar-refractivity contribution in [1.29, 1.82) is 0 Å². The van der Waals surface area contributed by atoms with E-state index in [1.54, 1.807) is 11.4 Å². The largest absolute Gasteiger partial charge is 0.394 e. The molecule has 0 aliphatic carbocycles. The molecule has 0 saturated heterocycles. The molecule has 70 valence electrons. The third-order valence-corrected chi connectivity index (χ3v) is 2.90. The second-order valence-corrected chi connectivity index (χ2v) is 4.00. The van der Waals surface area contributed by atoms with Crippen LogP contribution in [0.3, 0.4) is 0 Å². The van der Waals surface area contributed by atoms with Crippen LogP contribution in [0.2, 0.25) is 0 Å². The van der Waals surface area contributed by atoms with Gasteiger partial charge in [0.15, 0.2) is 0 Å². The van der Waals surface area contributed by atoms with E-state index in [1.165, 1.54) is 17.7 Å². The van der Waals surface area contributed by atoms with Gasteiger partial charge in [-0.2, -0.15) is 9.61 Å². The number of rotatable bonds is 2. The lowest BCUT2D eigenvalue weighted by Gasteiger charge is -2.16. The lowest BCUT2D eigenvalue weighted by atomic mass is 10.1. The predicted molar refractivity (Wildman–Crippen MR) is 47.3 cm³/mol. The molecule has 2 aromatic heterocycles. The molecule has 0 spiro atoms. The molecule has 7 heteroatoms. The molecule has 0 aliphatic heterocycles. The first-order chi connectivity index (χ1) is 6.13. The van der Waals surface area contributed by atoms with Crippen LogP contribution >= 0.6 is 11.3 Å². The minimum absolute atomic E-state index is 0.142. The Hall–Kier alpha value is -1.05. The number of nitrogens with zero attached hydrogens (tertiary/aromatic N) is 4. The van der Waals surface area contributed by atoms with E-state index in [1.807, 2.05) is 0 Å². The fourth-order valence-corrected chi connectivity index (χ4v) is 1.73. The quantitative estimate of drug-likeness (QED) is 0.671. The topological polar surface area (TPSA) is 89.3 Å². The number of fused-ring (bicyclic) bond motifs is 1. The Kier molecular flexibility index (Phi) is 1.79. The van der Waals surface area contributed by atoms with Crippen molar-refractivity contribution in [3.05, 3.63) is 11.3 Å². The molecule has 3 N–H and O–H groups in total. The average Bonchev–Trinajstić information content (AvgIpc) is 2.61. The zero-order valence-electron chi connectivity index (χ0n) is 7.01. The molecule has 6 nitrogen and oxygen atoms in total. The van der Waals surface area contributed by atoms with E-state index < -0.39 is 5.54 Å². The normalized spacial score (nSPS) is 16.2. The Labute approximate surface area is 78.0 Å². The molecular formula is C6H9N5OS. The summed E-state index contributed by atoms with van der Waals surface area (Å²) in [5.74, 6) is 0. The summed E-state index contributed by atoms with van der Waals surface area (Å²) in [4.78, 5) is 0.681. The maximum Gasteiger partial charge on any atom is 0.234 e. The zero-order chi connectivity index (χ0) is 9.47. The van der Waals surface area contributed by atoms with Crippen LogP contribution in [0.5, 0.6) is 0 Å². The first kappa shape index (κ1) is 8.54. The van der Waals surface area contributed by atoms with Gasteiger partial charge in [0.25, 0.3) is 0 Å². The lowest BCUT2D eigenvalue weighted by molar-refractivity contribution is 0.209. The fraction of sp³-hybridized carbons (Fsp3) is 0.500. The second kappa shape index (κ2) is 2.72. The summed E-state index contributed by atoms with van der Waals surface area (Å²) in [5, 5.41) is 21.3. The van der Waals surface area contributed by atoms with Crippen LogP contribution in [0, 0.1) is 0 Å². The molecule has 13 heavy (non-hydrogen) atoms. The van der Waals surface area contributed by atoms with E-state index in [9.17, 15) is 0 Å². The van der Waals surface area contributed by atoms with E-state index in [4.69, 9.17) is 10.8 Å². The summed E-state index contributed by atoms with van der Waals surface area (Å²) in [6, 6.07) is 0. The predicted octanol–water partition coefficient (Wildman–Crippen LogP) is -0.648. The first-order valence-electron chi connectivity index (χ1n) is 3.70. The number of aromatic nitrogens is 4. The van der Waals surface area contributed by atoms with Gasteiger partial charge in [-0.25, -0.2) is 0 Å². The maximum absolute atomic E-state index is 9.01. The highest BCUT2D eigenvalue weighted by Gasteiger charge is 2.25.